The molecule has 1 aromatic carbocycles. The van der Waals surface area contributed by atoms with Crippen LogP contribution in [0.3, 0.4) is 0 Å². The molecule has 1 fully saturated rings. The number of urea groups is 1. The molecule has 18 heavy (non-hydrogen) atoms. The van der Waals surface area contributed by atoms with Crippen LogP contribution in [0.5, 0.6) is 0 Å². The third-order valence-corrected chi connectivity index (χ3v) is 3.45. The van der Waals surface area contributed by atoms with Crippen molar-refractivity contribution in [3.63, 3.8) is 0 Å². The molecule has 0 aliphatic carbocycles. The molecule has 1 unspecified atom stereocenters. The maximum Gasteiger partial charge on any atom is 0.320 e. The van der Waals surface area contributed by atoms with Crippen molar-refractivity contribution >= 4 is 6.03 Å². The number of nitrogens with zero attached hydrogens (tertiary/aromatic N) is 2. The van der Waals surface area contributed by atoms with Crippen LogP contribution < -0.4 is 0 Å². The number of carbonyl (C=O) groups excluding carboxylic acids is 1. The van der Waals surface area contributed by atoms with Gasteiger partial charge in [0, 0.05) is 20.1 Å². The Kier molecular flexibility index (Phi) is 3.90. The molecule has 0 saturated carbocycles. The number of hydrogen-bond acceptors (Lipinski definition) is 1. The summed E-state index contributed by atoms with van der Waals surface area (Å²) in [5.74, 6) is 0.526. The average molecular weight is 246 g/mol. The standard InChI is InChI=1S/C15H22N2O/c1-12(2)10-17-11-14(16(3)15(17)18)9-13-7-5-4-6-8-13/h4-8,12,14H,9-11H2,1-3H3. The molecule has 0 aromatic heterocycles. The van der Waals surface area contributed by atoms with E-state index in [1.807, 2.05) is 22.9 Å². The number of likely N-dealkylation sites (N-methyl/N-ethyl adjacent to an activating group) is 1. The second kappa shape index (κ2) is 5.42. The fourth-order valence-electron chi connectivity index (χ4n) is 2.52. The van der Waals surface area contributed by atoms with Gasteiger partial charge >= 0.3 is 6.03 Å². The first-order valence-corrected chi connectivity index (χ1v) is 6.63. The Balaban J connectivity index is 2.00. The van der Waals surface area contributed by atoms with Gasteiger partial charge < -0.3 is 9.80 Å². The van der Waals surface area contributed by atoms with E-state index in [0.29, 0.717) is 12.0 Å². The molecule has 1 atom stereocenters. The molecule has 2 amide bonds. The molecule has 0 radical (unpaired) electrons. The second-order valence-electron chi connectivity index (χ2n) is 5.54. The van der Waals surface area contributed by atoms with E-state index in [2.05, 4.69) is 38.1 Å². The van der Waals surface area contributed by atoms with Crippen LogP contribution in [0.2, 0.25) is 0 Å². The van der Waals surface area contributed by atoms with Gasteiger partial charge in [-0.1, -0.05) is 44.2 Å². The third-order valence-electron chi connectivity index (χ3n) is 3.45. The zero-order valence-electron chi connectivity index (χ0n) is 11.5. The first-order chi connectivity index (χ1) is 8.58. The maximum absolute atomic E-state index is 12.1. The topological polar surface area (TPSA) is 23.6 Å². The lowest BCUT2D eigenvalue weighted by Gasteiger charge is -2.18. The summed E-state index contributed by atoms with van der Waals surface area (Å²) in [6.45, 7) is 6.01. The number of rotatable bonds is 4. The number of amides is 2. The normalized spacial score (nSPS) is 20.0. The van der Waals surface area contributed by atoms with Gasteiger partial charge in [-0.05, 0) is 17.9 Å². The molecule has 0 N–H and O–H groups in total. The quantitative estimate of drug-likeness (QED) is 0.801. The Bertz CT molecular complexity index is 402. The molecule has 1 aliphatic rings. The van der Waals surface area contributed by atoms with Crippen molar-refractivity contribution in [1.29, 1.82) is 0 Å². The van der Waals surface area contributed by atoms with Crippen molar-refractivity contribution in [2.24, 2.45) is 5.92 Å². The molecule has 1 aliphatic heterocycles. The van der Waals surface area contributed by atoms with E-state index in [-0.39, 0.29) is 6.03 Å². The van der Waals surface area contributed by atoms with Gasteiger partial charge in [-0.25, -0.2) is 4.79 Å². The molecule has 0 bridgehead atoms. The number of hydrogen-bond donors (Lipinski definition) is 0. The number of benzene rings is 1. The summed E-state index contributed by atoms with van der Waals surface area (Å²) in [4.78, 5) is 15.9. The van der Waals surface area contributed by atoms with Crippen molar-refractivity contribution in [2.75, 3.05) is 20.1 Å². The van der Waals surface area contributed by atoms with E-state index >= 15 is 0 Å². The molecule has 1 heterocycles. The summed E-state index contributed by atoms with van der Waals surface area (Å²) in [5.41, 5.74) is 1.30. The smallest absolute Gasteiger partial charge is 0.320 e. The van der Waals surface area contributed by atoms with Crippen molar-refractivity contribution < 1.29 is 4.79 Å². The summed E-state index contributed by atoms with van der Waals surface area (Å²) < 4.78 is 0. The molecular weight excluding hydrogens is 224 g/mol. The molecule has 3 heteroatoms. The van der Waals surface area contributed by atoms with Crippen LogP contribution in [0.4, 0.5) is 4.79 Å². The lowest BCUT2D eigenvalue weighted by Crippen LogP contribution is -2.33. The van der Waals surface area contributed by atoms with Gasteiger partial charge in [0.1, 0.15) is 0 Å². The van der Waals surface area contributed by atoms with Crippen LogP contribution in [0.15, 0.2) is 30.3 Å². The van der Waals surface area contributed by atoms with Gasteiger partial charge in [-0.15, -0.1) is 0 Å². The Labute approximate surface area is 109 Å². The Morgan fingerprint density at radius 1 is 1.28 bits per heavy atom. The summed E-state index contributed by atoms with van der Waals surface area (Å²) in [5, 5.41) is 0. The summed E-state index contributed by atoms with van der Waals surface area (Å²) >= 11 is 0. The van der Waals surface area contributed by atoms with Gasteiger partial charge in [0.25, 0.3) is 0 Å². The van der Waals surface area contributed by atoms with E-state index in [4.69, 9.17) is 0 Å². The second-order valence-corrected chi connectivity index (χ2v) is 5.54. The monoisotopic (exact) mass is 246 g/mol. The highest BCUT2D eigenvalue weighted by molar-refractivity contribution is 5.77. The molecule has 3 nitrogen and oxygen atoms in total. The zero-order chi connectivity index (χ0) is 13.1. The summed E-state index contributed by atoms with van der Waals surface area (Å²) in [6.07, 6.45) is 0.942. The molecule has 2 rings (SSSR count). The van der Waals surface area contributed by atoms with Crippen molar-refractivity contribution in [1.82, 2.24) is 9.80 Å². The van der Waals surface area contributed by atoms with Gasteiger partial charge in [0.15, 0.2) is 0 Å². The summed E-state index contributed by atoms with van der Waals surface area (Å²) in [7, 11) is 1.91. The Morgan fingerprint density at radius 2 is 1.94 bits per heavy atom. The predicted octanol–water partition coefficient (Wildman–Crippen LogP) is 2.62. The summed E-state index contributed by atoms with van der Waals surface area (Å²) in [6, 6.07) is 10.9. The molecule has 1 aromatic rings. The van der Waals surface area contributed by atoms with E-state index in [1.54, 1.807) is 0 Å². The Hall–Kier alpha value is -1.51. The SMILES string of the molecule is CC(C)CN1CC(Cc2ccccc2)N(C)C1=O. The lowest BCUT2D eigenvalue weighted by atomic mass is 10.1. The maximum atomic E-state index is 12.1. The van der Waals surface area contributed by atoms with Gasteiger partial charge in [0.05, 0.1) is 6.04 Å². The number of carbonyl (C=O) groups is 1. The average Bonchev–Trinajstić information content (AvgIpc) is 2.58. The largest absolute Gasteiger partial charge is 0.323 e. The fourth-order valence-corrected chi connectivity index (χ4v) is 2.52. The van der Waals surface area contributed by atoms with Crippen LogP contribution in [-0.2, 0) is 6.42 Å². The molecular formula is C15H22N2O. The van der Waals surface area contributed by atoms with Crippen molar-refractivity contribution in [3.05, 3.63) is 35.9 Å². The zero-order valence-corrected chi connectivity index (χ0v) is 11.5. The van der Waals surface area contributed by atoms with E-state index < -0.39 is 0 Å². The van der Waals surface area contributed by atoms with Crippen molar-refractivity contribution in [2.45, 2.75) is 26.3 Å². The van der Waals surface area contributed by atoms with E-state index in [1.165, 1.54) is 5.56 Å². The van der Waals surface area contributed by atoms with Gasteiger partial charge in [0.2, 0.25) is 0 Å². The van der Waals surface area contributed by atoms with Crippen LogP contribution in [-0.4, -0.2) is 42.0 Å². The van der Waals surface area contributed by atoms with Crippen LogP contribution >= 0.6 is 0 Å². The van der Waals surface area contributed by atoms with Crippen LogP contribution in [0, 0.1) is 5.92 Å². The minimum Gasteiger partial charge on any atom is -0.323 e. The van der Waals surface area contributed by atoms with E-state index in [0.717, 1.165) is 19.5 Å². The van der Waals surface area contributed by atoms with Gasteiger partial charge in [-0.2, -0.15) is 0 Å². The van der Waals surface area contributed by atoms with Crippen LogP contribution in [0.25, 0.3) is 0 Å². The van der Waals surface area contributed by atoms with Gasteiger partial charge in [-0.3, -0.25) is 0 Å². The Morgan fingerprint density at radius 3 is 2.56 bits per heavy atom. The highest BCUT2D eigenvalue weighted by Gasteiger charge is 2.34. The first-order valence-electron chi connectivity index (χ1n) is 6.63. The highest BCUT2D eigenvalue weighted by Crippen LogP contribution is 2.19. The van der Waals surface area contributed by atoms with Crippen molar-refractivity contribution in [3.8, 4) is 0 Å². The first kappa shape index (κ1) is 12.9. The fraction of sp³-hybridized carbons (Fsp3) is 0.533. The lowest BCUT2D eigenvalue weighted by molar-refractivity contribution is 0.191. The molecule has 98 valence electrons. The minimum absolute atomic E-state index is 0.171. The van der Waals surface area contributed by atoms with Crippen LogP contribution in [0.1, 0.15) is 19.4 Å². The molecule has 1 saturated heterocycles. The highest BCUT2D eigenvalue weighted by atomic mass is 16.2. The molecule has 0 spiro atoms. The van der Waals surface area contributed by atoms with E-state index in [9.17, 15) is 4.79 Å². The minimum atomic E-state index is 0.171. The predicted molar refractivity (Wildman–Crippen MR) is 73.5 cm³/mol. The third kappa shape index (κ3) is 2.84.